The highest BCUT2D eigenvalue weighted by Gasteiger charge is 2.36. The van der Waals surface area contributed by atoms with E-state index in [1.807, 2.05) is 38.4 Å². The van der Waals surface area contributed by atoms with Crippen molar-refractivity contribution in [1.29, 1.82) is 0 Å². The van der Waals surface area contributed by atoms with Crippen molar-refractivity contribution in [2.75, 3.05) is 13.1 Å². The second-order valence-corrected chi connectivity index (χ2v) is 8.42. The molecule has 0 unspecified atom stereocenters. The van der Waals surface area contributed by atoms with Crippen molar-refractivity contribution in [2.24, 2.45) is 13.0 Å². The lowest BCUT2D eigenvalue weighted by Crippen LogP contribution is -2.46. The fourth-order valence-corrected chi connectivity index (χ4v) is 4.45. The van der Waals surface area contributed by atoms with Crippen LogP contribution in [0.3, 0.4) is 0 Å². The van der Waals surface area contributed by atoms with Gasteiger partial charge in [0.25, 0.3) is 5.91 Å². The highest BCUT2D eigenvalue weighted by atomic mass is 16.5. The average Bonchev–Trinajstić information content (AvgIpc) is 3.43. The van der Waals surface area contributed by atoms with Gasteiger partial charge in [0, 0.05) is 44.7 Å². The zero-order chi connectivity index (χ0) is 21.5. The first-order valence-corrected chi connectivity index (χ1v) is 10.5. The van der Waals surface area contributed by atoms with Crippen molar-refractivity contribution >= 4 is 11.7 Å². The molecule has 2 aliphatic heterocycles. The van der Waals surface area contributed by atoms with Crippen LogP contribution in [0.25, 0.3) is 11.3 Å². The molecule has 0 aliphatic carbocycles. The Kier molecular flexibility index (Phi) is 4.84. The van der Waals surface area contributed by atoms with E-state index < -0.39 is 0 Å². The number of benzene rings is 1. The van der Waals surface area contributed by atoms with E-state index in [0.29, 0.717) is 36.6 Å². The van der Waals surface area contributed by atoms with Crippen molar-refractivity contribution in [1.82, 2.24) is 19.8 Å². The third-order valence-electron chi connectivity index (χ3n) is 6.09. The number of aryl methyl sites for hydroxylation is 2. The Morgan fingerprint density at radius 3 is 2.94 bits per heavy atom. The molecule has 1 amide bonds. The number of Topliss-reactive ketones (excluding diaryl/α,β-unsaturated/α-hetero) is 1. The molecule has 31 heavy (non-hydrogen) atoms. The number of piperidine rings is 1. The monoisotopic (exact) mass is 420 g/mol. The smallest absolute Gasteiger partial charge is 0.276 e. The first-order valence-electron chi connectivity index (χ1n) is 10.5. The molecule has 2 aromatic heterocycles. The molecule has 3 aromatic rings. The summed E-state index contributed by atoms with van der Waals surface area (Å²) in [6, 6.07) is 7.36. The number of aromatic nitrogens is 3. The lowest BCUT2D eigenvalue weighted by molar-refractivity contribution is 0.0403. The second-order valence-electron chi connectivity index (χ2n) is 8.42. The maximum absolute atomic E-state index is 13.1. The average molecular weight is 420 g/mol. The van der Waals surface area contributed by atoms with Crippen molar-refractivity contribution in [3.63, 3.8) is 0 Å². The van der Waals surface area contributed by atoms with E-state index in [9.17, 15) is 9.59 Å². The summed E-state index contributed by atoms with van der Waals surface area (Å²) in [7, 11) is 1.82. The van der Waals surface area contributed by atoms with Crippen LogP contribution in [0.15, 0.2) is 41.2 Å². The summed E-state index contributed by atoms with van der Waals surface area (Å²) < 4.78 is 13.2. The molecule has 2 atom stereocenters. The van der Waals surface area contributed by atoms with Crippen molar-refractivity contribution < 1.29 is 18.8 Å². The molecule has 1 saturated heterocycles. The molecule has 5 rings (SSSR count). The van der Waals surface area contributed by atoms with Crippen LogP contribution in [0.2, 0.25) is 0 Å². The largest absolute Gasteiger partial charge is 0.489 e. The third-order valence-corrected chi connectivity index (χ3v) is 6.09. The molecule has 8 nitrogen and oxygen atoms in total. The van der Waals surface area contributed by atoms with Crippen LogP contribution in [0.4, 0.5) is 0 Å². The first-order chi connectivity index (χ1) is 15.0. The topological polar surface area (TPSA) is 90.5 Å². The van der Waals surface area contributed by atoms with E-state index in [1.165, 1.54) is 0 Å². The van der Waals surface area contributed by atoms with Crippen LogP contribution >= 0.6 is 0 Å². The molecule has 0 bridgehead atoms. The van der Waals surface area contributed by atoms with Crippen molar-refractivity contribution in [3.8, 4) is 17.1 Å². The Bertz CT molecular complexity index is 1150. The van der Waals surface area contributed by atoms with Crippen LogP contribution in [0.1, 0.15) is 45.7 Å². The lowest BCUT2D eigenvalue weighted by Gasteiger charge is -2.38. The van der Waals surface area contributed by atoms with Crippen molar-refractivity contribution in [3.05, 3.63) is 53.5 Å². The molecule has 1 fully saturated rings. The van der Waals surface area contributed by atoms with Gasteiger partial charge in [0.1, 0.15) is 11.9 Å². The summed E-state index contributed by atoms with van der Waals surface area (Å²) in [4.78, 5) is 27.5. The Morgan fingerprint density at radius 1 is 1.26 bits per heavy atom. The summed E-state index contributed by atoms with van der Waals surface area (Å²) in [5.74, 6) is 1.20. The maximum atomic E-state index is 13.1. The number of ether oxygens (including phenoxy) is 1. The molecule has 4 heterocycles. The van der Waals surface area contributed by atoms with Gasteiger partial charge in [0.2, 0.25) is 0 Å². The fraction of sp³-hybridized carbons (Fsp3) is 0.391. The number of likely N-dealkylation sites (tertiary alicyclic amines) is 1. The minimum atomic E-state index is -0.221. The Balaban J connectivity index is 1.29. The number of amides is 1. The number of carbonyl (C=O) groups is 2. The number of carbonyl (C=O) groups excluding carboxylic acids is 2. The van der Waals surface area contributed by atoms with Gasteiger partial charge in [-0.15, -0.1) is 0 Å². The molecule has 2 aliphatic rings. The van der Waals surface area contributed by atoms with Gasteiger partial charge in [-0.1, -0.05) is 16.8 Å². The van der Waals surface area contributed by atoms with Crippen LogP contribution in [0.5, 0.6) is 5.75 Å². The Labute approximate surface area is 179 Å². The summed E-state index contributed by atoms with van der Waals surface area (Å²) in [5.41, 5.74) is 2.75. The third kappa shape index (κ3) is 3.73. The summed E-state index contributed by atoms with van der Waals surface area (Å²) >= 11 is 0. The molecule has 0 saturated carbocycles. The zero-order valence-electron chi connectivity index (χ0n) is 17.6. The van der Waals surface area contributed by atoms with E-state index in [1.54, 1.807) is 21.8 Å². The van der Waals surface area contributed by atoms with Gasteiger partial charge in [0.05, 0.1) is 17.3 Å². The van der Waals surface area contributed by atoms with Gasteiger partial charge in [-0.3, -0.25) is 14.3 Å². The molecule has 0 radical (unpaired) electrons. The van der Waals surface area contributed by atoms with Gasteiger partial charge in [-0.25, -0.2) is 0 Å². The van der Waals surface area contributed by atoms with Crippen LogP contribution in [-0.4, -0.2) is 50.7 Å². The van der Waals surface area contributed by atoms with Gasteiger partial charge >= 0.3 is 0 Å². The summed E-state index contributed by atoms with van der Waals surface area (Å²) in [6.07, 6.45) is 5.38. The number of nitrogens with zero attached hydrogens (tertiary/aromatic N) is 4. The highest BCUT2D eigenvalue weighted by molar-refractivity contribution is 6.00. The van der Waals surface area contributed by atoms with E-state index >= 15 is 0 Å². The number of hydrogen-bond acceptors (Lipinski definition) is 6. The fourth-order valence-electron chi connectivity index (χ4n) is 4.45. The van der Waals surface area contributed by atoms with Crippen LogP contribution in [0, 0.1) is 12.8 Å². The quantitative estimate of drug-likeness (QED) is 0.646. The molecular formula is C23H24N4O4. The Morgan fingerprint density at radius 2 is 2.13 bits per heavy atom. The van der Waals surface area contributed by atoms with E-state index in [4.69, 9.17) is 9.26 Å². The maximum Gasteiger partial charge on any atom is 0.276 e. The van der Waals surface area contributed by atoms with E-state index in [0.717, 1.165) is 24.0 Å². The van der Waals surface area contributed by atoms with Gasteiger partial charge in [-0.05, 0) is 31.9 Å². The minimum Gasteiger partial charge on any atom is -0.489 e. The number of fused-ring (bicyclic) bond motifs is 1. The normalized spacial score (nSPS) is 21.0. The molecule has 0 spiro atoms. The van der Waals surface area contributed by atoms with Gasteiger partial charge in [-0.2, -0.15) is 5.10 Å². The lowest BCUT2D eigenvalue weighted by atomic mass is 9.86. The predicted molar refractivity (Wildman–Crippen MR) is 112 cm³/mol. The Hall–Kier alpha value is -3.42. The SMILES string of the molecule is Cc1ccc2c(c1)C(=O)C[C@H]([C@H]1CCCN(C(=O)c3cc(-c4cnn(C)c4)on3)C1)O2. The molecule has 160 valence electrons. The molecule has 0 N–H and O–H groups in total. The summed E-state index contributed by atoms with van der Waals surface area (Å²) in [6.45, 7) is 3.15. The standard InChI is InChI=1S/C23H24N4O4/c1-14-5-6-20-17(8-14)19(28)10-21(30-20)15-4-3-7-27(13-15)23(29)18-9-22(31-25-18)16-11-24-26(2)12-16/h5-6,8-9,11-12,15,21H,3-4,7,10,13H2,1-2H3/t15-,21+/m0/s1. The summed E-state index contributed by atoms with van der Waals surface area (Å²) in [5, 5.41) is 8.09. The predicted octanol–water partition coefficient (Wildman–Crippen LogP) is 3.27. The minimum absolute atomic E-state index is 0.0980. The molecule has 1 aromatic carbocycles. The molecular weight excluding hydrogens is 396 g/mol. The van der Waals surface area contributed by atoms with E-state index in [2.05, 4.69) is 10.3 Å². The van der Waals surface area contributed by atoms with E-state index in [-0.39, 0.29) is 29.4 Å². The van der Waals surface area contributed by atoms with Crippen LogP contribution < -0.4 is 4.74 Å². The number of rotatable bonds is 3. The highest BCUT2D eigenvalue weighted by Crippen LogP contribution is 2.34. The number of hydrogen-bond donors (Lipinski definition) is 0. The zero-order valence-corrected chi connectivity index (χ0v) is 17.6. The van der Waals surface area contributed by atoms with Gasteiger partial charge < -0.3 is 14.2 Å². The second kappa shape index (κ2) is 7.68. The van der Waals surface area contributed by atoms with Gasteiger partial charge in [0.15, 0.2) is 17.2 Å². The van der Waals surface area contributed by atoms with Crippen molar-refractivity contribution in [2.45, 2.75) is 32.3 Å². The molecule has 8 heteroatoms. The first kappa shape index (κ1) is 19.5. The number of ketones is 1. The van der Waals surface area contributed by atoms with Crippen LogP contribution in [-0.2, 0) is 7.05 Å².